The Morgan fingerprint density at radius 2 is 1.80 bits per heavy atom. The molecule has 0 bridgehead atoms. The highest BCUT2D eigenvalue weighted by Crippen LogP contribution is 2.26. The van der Waals surface area contributed by atoms with Gasteiger partial charge in [0.2, 0.25) is 0 Å². The Hall–Kier alpha value is -3.32. The van der Waals surface area contributed by atoms with Crippen LogP contribution < -0.4 is 9.47 Å². The third kappa shape index (κ3) is 4.16. The first kappa shape index (κ1) is 20.0. The van der Waals surface area contributed by atoms with Gasteiger partial charge in [-0.15, -0.1) is 0 Å². The Morgan fingerprint density at radius 3 is 2.50 bits per heavy atom. The number of rotatable bonds is 6. The molecule has 0 saturated carbocycles. The first-order chi connectivity index (χ1) is 14.7. The van der Waals surface area contributed by atoms with E-state index in [0.717, 1.165) is 48.0 Å². The molecule has 30 heavy (non-hydrogen) atoms. The lowest BCUT2D eigenvalue weighted by molar-refractivity contribution is 0.0628. The van der Waals surface area contributed by atoms with E-state index in [1.54, 1.807) is 20.4 Å². The summed E-state index contributed by atoms with van der Waals surface area (Å²) in [5.41, 5.74) is 3.42. The summed E-state index contributed by atoms with van der Waals surface area (Å²) in [4.78, 5) is 17.3. The van der Waals surface area contributed by atoms with Crippen LogP contribution in [0.3, 0.4) is 0 Å². The molecule has 1 aromatic heterocycles. The van der Waals surface area contributed by atoms with Gasteiger partial charge in [0.05, 0.1) is 31.7 Å². The molecule has 1 amide bonds. The fourth-order valence-corrected chi connectivity index (χ4v) is 3.80. The van der Waals surface area contributed by atoms with Crippen LogP contribution in [0.25, 0.3) is 11.3 Å². The number of hydrogen-bond donors (Lipinski definition) is 1. The molecule has 1 aliphatic heterocycles. The SMILES string of the molecule is COc1ccc(OC)c(CN2CCN(C(=O)c3cn[nH]c3-c3ccccc3)CC2)c1. The van der Waals surface area contributed by atoms with Crippen LogP contribution in [0.4, 0.5) is 0 Å². The number of nitrogens with zero attached hydrogens (tertiary/aromatic N) is 3. The minimum Gasteiger partial charge on any atom is -0.497 e. The minimum absolute atomic E-state index is 0.0150. The van der Waals surface area contributed by atoms with Crippen molar-refractivity contribution >= 4 is 5.91 Å². The molecule has 7 nitrogen and oxygen atoms in total. The van der Waals surface area contributed by atoms with Gasteiger partial charge in [-0.1, -0.05) is 30.3 Å². The predicted molar refractivity (Wildman–Crippen MR) is 115 cm³/mol. The molecule has 4 rings (SSSR count). The summed E-state index contributed by atoms with van der Waals surface area (Å²) in [6, 6.07) is 15.7. The Balaban J connectivity index is 1.41. The van der Waals surface area contributed by atoms with Crippen molar-refractivity contribution in [1.29, 1.82) is 0 Å². The third-order valence-electron chi connectivity index (χ3n) is 5.47. The van der Waals surface area contributed by atoms with E-state index in [-0.39, 0.29) is 5.91 Å². The number of aromatic amines is 1. The number of nitrogens with one attached hydrogen (secondary N) is 1. The zero-order valence-corrected chi connectivity index (χ0v) is 17.3. The number of H-pyrrole nitrogens is 1. The summed E-state index contributed by atoms with van der Waals surface area (Å²) in [5, 5.41) is 7.09. The maximum atomic E-state index is 13.1. The Labute approximate surface area is 176 Å². The van der Waals surface area contributed by atoms with Crippen LogP contribution in [0, 0.1) is 0 Å². The molecule has 2 heterocycles. The van der Waals surface area contributed by atoms with Crippen molar-refractivity contribution in [2.24, 2.45) is 0 Å². The van der Waals surface area contributed by atoms with Crippen molar-refractivity contribution in [3.63, 3.8) is 0 Å². The molecule has 1 saturated heterocycles. The lowest BCUT2D eigenvalue weighted by Gasteiger charge is -2.35. The van der Waals surface area contributed by atoms with Crippen LogP contribution in [0.5, 0.6) is 11.5 Å². The zero-order chi connectivity index (χ0) is 20.9. The van der Waals surface area contributed by atoms with E-state index < -0.39 is 0 Å². The molecule has 2 aromatic carbocycles. The average molecular weight is 406 g/mol. The van der Waals surface area contributed by atoms with Crippen LogP contribution in [-0.2, 0) is 6.54 Å². The highest BCUT2D eigenvalue weighted by Gasteiger charge is 2.25. The van der Waals surface area contributed by atoms with Gasteiger partial charge in [-0.2, -0.15) is 5.10 Å². The number of carbonyl (C=O) groups excluding carboxylic acids is 1. The van der Waals surface area contributed by atoms with E-state index in [9.17, 15) is 4.79 Å². The highest BCUT2D eigenvalue weighted by molar-refractivity contribution is 5.99. The molecule has 0 aliphatic carbocycles. The van der Waals surface area contributed by atoms with Gasteiger partial charge < -0.3 is 14.4 Å². The number of piperazine rings is 1. The number of ether oxygens (including phenoxy) is 2. The van der Waals surface area contributed by atoms with Crippen LogP contribution in [0.2, 0.25) is 0 Å². The third-order valence-corrected chi connectivity index (χ3v) is 5.47. The fourth-order valence-electron chi connectivity index (χ4n) is 3.80. The standard InChI is InChI=1S/C23H26N4O3/c1-29-19-8-9-21(30-2)18(14-19)16-26-10-12-27(13-11-26)23(28)20-15-24-25-22(20)17-6-4-3-5-7-17/h3-9,14-15H,10-13,16H2,1-2H3,(H,24,25). The summed E-state index contributed by atoms with van der Waals surface area (Å²) in [6.45, 7) is 3.69. The Bertz CT molecular complexity index is 995. The van der Waals surface area contributed by atoms with E-state index in [4.69, 9.17) is 9.47 Å². The van der Waals surface area contributed by atoms with Crippen molar-refractivity contribution < 1.29 is 14.3 Å². The Kier molecular flexibility index (Phi) is 5.99. The summed E-state index contributed by atoms with van der Waals surface area (Å²) < 4.78 is 10.8. The van der Waals surface area contributed by atoms with Crippen LogP contribution in [0.1, 0.15) is 15.9 Å². The van der Waals surface area contributed by atoms with E-state index in [2.05, 4.69) is 15.1 Å². The number of methoxy groups -OCH3 is 2. The maximum absolute atomic E-state index is 13.1. The second-order valence-electron chi connectivity index (χ2n) is 7.27. The van der Waals surface area contributed by atoms with Gasteiger partial charge in [0.1, 0.15) is 11.5 Å². The molecule has 0 atom stereocenters. The molecular formula is C23H26N4O3. The van der Waals surface area contributed by atoms with Gasteiger partial charge in [-0.25, -0.2) is 0 Å². The minimum atomic E-state index is 0.0150. The smallest absolute Gasteiger partial charge is 0.257 e. The monoisotopic (exact) mass is 406 g/mol. The molecule has 1 aliphatic rings. The maximum Gasteiger partial charge on any atom is 0.257 e. The fraction of sp³-hybridized carbons (Fsp3) is 0.304. The highest BCUT2D eigenvalue weighted by atomic mass is 16.5. The molecular weight excluding hydrogens is 380 g/mol. The lowest BCUT2D eigenvalue weighted by Crippen LogP contribution is -2.48. The molecule has 0 unspecified atom stereocenters. The molecule has 7 heteroatoms. The summed E-state index contributed by atoms with van der Waals surface area (Å²) in [7, 11) is 3.34. The van der Waals surface area contributed by atoms with Gasteiger partial charge in [0.25, 0.3) is 5.91 Å². The summed E-state index contributed by atoms with van der Waals surface area (Å²) in [5.74, 6) is 1.68. The lowest BCUT2D eigenvalue weighted by atomic mass is 10.1. The number of benzene rings is 2. The number of aromatic nitrogens is 2. The van der Waals surface area contributed by atoms with E-state index in [1.165, 1.54) is 0 Å². The van der Waals surface area contributed by atoms with Gasteiger partial charge in [-0.05, 0) is 18.2 Å². The molecule has 1 fully saturated rings. The second kappa shape index (κ2) is 9.00. The zero-order valence-electron chi connectivity index (χ0n) is 17.3. The Morgan fingerprint density at radius 1 is 1.03 bits per heavy atom. The molecule has 156 valence electrons. The van der Waals surface area contributed by atoms with Crippen molar-refractivity contribution in [2.75, 3.05) is 40.4 Å². The van der Waals surface area contributed by atoms with Gasteiger partial charge in [0, 0.05) is 43.9 Å². The van der Waals surface area contributed by atoms with Crippen molar-refractivity contribution in [2.45, 2.75) is 6.54 Å². The van der Waals surface area contributed by atoms with Crippen LogP contribution in [0.15, 0.2) is 54.7 Å². The van der Waals surface area contributed by atoms with Crippen molar-refractivity contribution in [3.05, 3.63) is 65.9 Å². The first-order valence-corrected chi connectivity index (χ1v) is 10.0. The quantitative estimate of drug-likeness (QED) is 0.681. The van der Waals surface area contributed by atoms with E-state index in [0.29, 0.717) is 18.7 Å². The van der Waals surface area contributed by atoms with Gasteiger partial charge in [-0.3, -0.25) is 14.8 Å². The first-order valence-electron chi connectivity index (χ1n) is 10.0. The average Bonchev–Trinajstić information content (AvgIpc) is 3.29. The summed E-state index contributed by atoms with van der Waals surface area (Å²) >= 11 is 0. The number of amides is 1. The summed E-state index contributed by atoms with van der Waals surface area (Å²) in [6.07, 6.45) is 1.62. The topological polar surface area (TPSA) is 70.7 Å². The largest absolute Gasteiger partial charge is 0.497 e. The van der Waals surface area contributed by atoms with Crippen molar-refractivity contribution in [3.8, 4) is 22.8 Å². The molecule has 3 aromatic rings. The molecule has 1 N–H and O–H groups in total. The van der Waals surface area contributed by atoms with Crippen LogP contribution >= 0.6 is 0 Å². The number of carbonyl (C=O) groups is 1. The van der Waals surface area contributed by atoms with Gasteiger partial charge >= 0.3 is 0 Å². The van der Waals surface area contributed by atoms with Crippen LogP contribution in [-0.4, -0.2) is 66.3 Å². The molecule has 0 radical (unpaired) electrons. The number of hydrogen-bond acceptors (Lipinski definition) is 5. The molecule has 0 spiro atoms. The predicted octanol–water partition coefficient (Wildman–Crippen LogP) is 3.05. The van der Waals surface area contributed by atoms with Crippen molar-refractivity contribution in [1.82, 2.24) is 20.0 Å². The van der Waals surface area contributed by atoms with Gasteiger partial charge in [0.15, 0.2) is 0 Å². The normalized spacial score (nSPS) is 14.5. The van der Waals surface area contributed by atoms with E-state index in [1.807, 2.05) is 53.4 Å². The van der Waals surface area contributed by atoms with E-state index >= 15 is 0 Å². The second-order valence-corrected chi connectivity index (χ2v) is 7.27.